The van der Waals surface area contributed by atoms with Gasteiger partial charge < -0.3 is 9.84 Å². The highest BCUT2D eigenvalue weighted by atomic mass is 19.3. The minimum atomic E-state index is -2.88. The Morgan fingerprint density at radius 2 is 2.21 bits per heavy atom. The SMILES string of the molecule is O=C(O)[C@H]1CCCN1Cc1ccccc1OC(F)F. The maximum Gasteiger partial charge on any atom is 0.387 e. The zero-order valence-corrected chi connectivity index (χ0v) is 10.3. The number of hydrogen-bond acceptors (Lipinski definition) is 3. The fourth-order valence-corrected chi connectivity index (χ4v) is 2.36. The van der Waals surface area contributed by atoms with Crippen LogP contribution in [0.25, 0.3) is 0 Å². The molecule has 2 rings (SSSR count). The Bertz CT molecular complexity index is 453. The first-order valence-electron chi connectivity index (χ1n) is 6.07. The summed E-state index contributed by atoms with van der Waals surface area (Å²) in [5, 5.41) is 9.08. The number of rotatable bonds is 5. The highest BCUT2D eigenvalue weighted by molar-refractivity contribution is 5.73. The van der Waals surface area contributed by atoms with Gasteiger partial charge in [0, 0.05) is 12.1 Å². The predicted molar refractivity (Wildman–Crippen MR) is 64.1 cm³/mol. The maximum atomic E-state index is 12.3. The maximum absolute atomic E-state index is 12.3. The molecule has 0 bridgehead atoms. The lowest BCUT2D eigenvalue weighted by atomic mass is 10.1. The van der Waals surface area contributed by atoms with Gasteiger partial charge in [-0.25, -0.2) is 0 Å². The van der Waals surface area contributed by atoms with Crippen LogP contribution in [0.5, 0.6) is 5.75 Å². The summed E-state index contributed by atoms with van der Waals surface area (Å²) in [5.74, 6) is -0.765. The second kappa shape index (κ2) is 5.97. The van der Waals surface area contributed by atoms with Crippen LogP contribution in [0, 0.1) is 0 Å². The molecule has 1 heterocycles. The summed E-state index contributed by atoms with van der Waals surface area (Å²) in [6.07, 6.45) is 1.39. The molecule has 0 amide bonds. The van der Waals surface area contributed by atoms with Gasteiger partial charge in [0.2, 0.25) is 0 Å². The van der Waals surface area contributed by atoms with Gasteiger partial charge in [0.15, 0.2) is 0 Å². The average molecular weight is 271 g/mol. The molecular formula is C13H15F2NO3. The molecule has 1 aliphatic heterocycles. The van der Waals surface area contributed by atoms with Crippen LogP contribution < -0.4 is 4.74 Å². The third kappa shape index (κ3) is 3.41. The molecule has 4 nitrogen and oxygen atoms in total. The number of carboxylic acid groups (broad SMARTS) is 1. The molecule has 0 aliphatic carbocycles. The van der Waals surface area contributed by atoms with E-state index in [9.17, 15) is 13.6 Å². The number of hydrogen-bond donors (Lipinski definition) is 1. The molecule has 1 saturated heterocycles. The summed E-state index contributed by atoms with van der Waals surface area (Å²) < 4.78 is 29.0. The molecule has 0 saturated carbocycles. The van der Waals surface area contributed by atoms with Crippen molar-refractivity contribution in [2.24, 2.45) is 0 Å². The van der Waals surface area contributed by atoms with Crippen molar-refractivity contribution in [1.29, 1.82) is 0 Å². The van der Waals surface area contributed by atoms with Gasteiger partial charge in [0.25, 0.3) is 0 Å². The van der Waals surface area contributed by atoms with E-state index in [1.165, 1.54) is 6.07 Å². The molecule has 104 valence electrons. The number of para-hydroxylation sites is 1. The van der Waals surface area contributed by atoms with E-state index in [1.807, 2.05) is 0 Å². The molecule has 1 aromatic rings. The monoisotopic (exact) mass is 271 g/mol. The first-order valence-corrected chi connectivity index (χ1v) is 6.07. The largest absolute Gasteiger partial charge is 0.480 e. The van der Waals surface area contributed by atoms with Crippen molar-refractivity contribution in [3.8, 4) is 5.75 Å². The first kappa shape index (κ1) is 13.7. The molecule has 1 N–H and O–H groups in total. The van der Waals surface area contributed by atoms with Crippen molar-refractivity contribution in [2.45, 2.75) is 32.0 Å². The van der Waals surface area contributed by atoms with Crippen LogP contribution in [0.4, 0.5) is 8.78 Å². The van der Waals surface area contributed by atoms with Crippen LogP contribution in [0.2, 0.25) is 0 Å². The highest BCUT2D eigenvalue weighted by Crippen LogP contribution is 2.26. The van der Waals surface area contributed by atoms with Crippen molar-refractivity contribution in [3.63, 3.8) is 0 Å². The van der Waals surface area contributed by atoms with Gasteiger partial charge in [-0.3, -0.25) is 9.69 Å². The smallest absolute Gasteiger partial charge is 0.387 e. The van der Waals surface area contributed by atoms with E-state index in [-0.39, 0.29) is 5.75 Å². The van der Waals surface area contributed by atoms with Crippen LogP contribution in [0.15, 0.2) is 24.3 Å². The van der Waals surface area contributed by atoms with Gasteiger partial charge in [-0.05, 0) is 25.5 Å². The molecule has 6 heteroatoms. The number of ether oxygens (including phenoxy) is 1. The van der Waals surface area contributed by atoms with Gasteiger partial charge in [0.05, 0.1) is 0 Å². The lowest BCUT2D eigenvalue weighted by Crippen LogP contribution is -2.35. The third-order valence-electron chi connectivity index (χ3n) is 3.21. The van der Waals surface area contributed by atoms with E-state index in [0.717, 1.165) is 6.42 Å². The Balaban J connectivity index is 2.12. The average Bonchev–Trinajstić information content (AvgIpc) is 2.79. The van der Waals surface area contributed by atoms with Gasteiger partial charge in [-0.15, -0.1) is 0 Å². The Labute approximate surface area is 109 Å². The highest BCUT2D eigenvalue weighted by Gasteiger charge is 2.30. The minimum absolute atomic E-state index is 0.105. The van der Waals surface area contributed by atoms with Crippen molar-refractivity contribution in [3.05, 3.63) is 29.8 Å². The number of alkyl halides is 2. The van der Waals surface area contributed by atoms with Crippen molar-refractivity contribution >= 4 is 5.97 Å². The first-order chi connectivity index (χ1) is 9.08. The zero-order valence-electron chi connectivity index (χ0n) is 10.3. The fourth-order valence-electron chi connectivity index (χ4n) is 2.36. The summed E-state index contributed by atoms with van der Waals surface area (Å²) in [6.45, 7) is -1.92. The van der Waals surface area contributed by atoms with Crippen LogP contribution in [0.1, 0.15) is 18.4 Å². The predicted octanol–water partition coefficient (Wildman–Crippen LogP) is 2.34. The quantitative estimate of drug-likeness (QED) is 0.893. The standard InChI is InChI=1S/C13H15F2NO3/c14-13(15)19-11-6-2-1-4-9(11)8-16-7-3-5-10(16)12(17)18/h1-2,4,6,10,13H,3,5,7-8H2,(H,17,18)/t10-/m1/s1. The molecular weight excluding hydrogens is 256 g/mol. The lowest BCUT2D eigenvalue weighted by molar-refractivity contribution is -0.142. The fraction of sp³-hybridized carbons (Fsp3) is 0.462. The third-order valence-corrected chi connectivity index (χ3v) is 3.21. The molecule has 0 radical (unpaired) electrons. The summed E-state index contributed by atoms with van der Waals surface area (Å²) in [4.78, 5) is 12.8. The zero-order chi connectivity index (χ0) is 13.8. The van der Waals surface area contributed by atoms with Crippen molar-refractivity contribution in [1.82, 2.24) is 4.90 Å². The molecule has 19 heavy (non-hydrogen) atoms. The van der Waals surface area contributed by atoms with E-state index in [0.29, 0.717) is 25.1 Å². The Morgan fingerprint density at radius 1 is 1.47 bits per heavy atom. The Hall–Kier alpha value is -1.69. The van der Waals surface area contributed by atoms with E-state index in [4.69, 9.17) is 5.11 Å². The Morgan fingerprint density at radius 3 is 2.89 bits per heavy atom. The Kier molecular flexibility index (Phi) is 4.31. The lowest BCUT2D eigenvalue weighted by Gasteiger charge is -2.22. The molecule has 0 unspecified atom stereocenters. The van der Waals surface area contributed by atoms with E-state index in [2.05, 4.69) is 4.74 Å². The van der Waals surface area contributed by atoms with Crippen LogP contribution in [-0.4, -0.2) is 35.2 Å². The molecule has 0 aromatic heterocycles. The van der Waals surface area contributed by atoms with Gasteiger partial charge in [-0.2, -0.15) is 8.78 Å². The number of likely N-dealkylation sites (tertiary alicyclic amines) is 1. The second-order valence-electron chi connectivity index (χ2n) is 4.45. The van der Waals surface area contributed by atoms with Crippen molar-refractivity contribution in [2.75, 3.05) is 6.54 Å². The number of aliphatic carboxylic acids is 1. The van der Waals surface area contributed by atoms with E-state index >= 15 is 0 Å². The molecule has 1 atom stereocenters. The molecule has 0 spiro atoms. The number of carboxylic acids is 1. The number of nitrogens with zero attached hydrogens (tertiary/aromatic N) is 1. The van der Waals surface area contributed by atoms with Crippen LogP contribution in [0.3, 0.4) is 0 Å². The summed E-state index contributed by atoms with van der Waals surface area (Å²) in [5.41, 5.74) is 0.580. The topological polar surface area (TPSA) is 49.8 Å². The summed E-state index contributed by atoms with van der Waals surface area (Å²) in [7, 11) is 0. The molecule has 1 aliphatic rings. The number of halogens is 2. The number of carbonyl (C=O) groups is 1. The second-order valence-corrected chi connectivity index (χ2v) is 4.45. The van der Waals surface area contributed by atoms with Gasteiger partial charge in [0.1, 0.15) is 11.8 Å². The molecule has 1 fully saturated rings. The van der Waals surface area contributed by atoms with Gasteiger partial charge in [-0.1, -0.05) is 18.2 Å². The van der Waals surface area contributed by atoms with E-state index < -0.39 is 18.6 Å². The van der Waals surface area contributed by atoms with E-state index in [1.54, 1.807) is 23.1 Å². The minimum Gasteiger partial charge on any atom is -0.480 e. The van der Waals surface area contributed by atoms with Gasteiger partial charge >= 0.3 is 12.6 Å². The van der Waals surface area contributed by atoms with Crippen LogP contribution in [-0.2, 0) is 11.3 Å². The normalized spacial score (nSPS) is 19.8. The summed E-state index contributed by atoms with van der Waals surface area (Å²) >= 11 is 0. The molecule has 1 aromatic carbocycles. The summed E-state index contributed by atoms with van der Waals surface area (Å²) in [6, 6.07) is 5.93. The van der Waals surface area contributed by atoms with Crippen LogP contribution >= 0.6 is 0 Å². The number of benzene rings is 1. The van der Waals surface area contributed by atoms with Crippen molar-refractivity contribution < 1.29 is 23.4 Å².